The number of nitrogens with one attached hydrogen (secondary N) is 1. The van der Waals surface area contributed by atoms with Crippen LogP contribution < -0.4 is 14.8 Å². The molecule has 3 aromatic rings. The van der Waals surface area contributed by atoms with E-state index in [0.29, 0.717) is 40.7 Å². The van der Waals surface area contributed by atoms with E-state index in [-0.39, 0.29) is 18.3 Å². The van der Waals surface area contributed by atoms with E-state index in [0.717, 1.165) is 18.2 Å². The second-order valence-corrected chi connectivity index (χ2v) is 7.51. The number of benzene rings is 1. The summed E-state index contributed by atoms with van der Waals surface area (Å²) in [4.78, 5) is 12.6. The first kappa shape index (κ1) is 22.6. The van der Waals surface area contributed by atoms with Gasteiger partial charge in [-0.15, -0.1) is 0 Å². The molecule has 0 bridgehead atoms. The molecule has 7 nitrogen and oxygen atoms in total. The lowest BCUT2D eigenvalue weighted by Crippen LogP contribution is -2.16. The summed E-state index contributed by atoms with van der Waals surface area (Å²) in [5.41, 5.74) is -0.100. The molecule has 33 heavy (non-hydrogen) atoms. The van der Waals surface area contributed by atoms with Crippen molar-refractivity contribution in [3.63, 3.8) is 0 Å². The van der Waals surface area contributed by atoms with E-state index in [4.69, 9.17) is 14.2 Å². The quantitative estimate of drug-likeness (QED) is 0.529. The molecule has 1 N–H and O–H groups in total. The number of pyridine rings is 1. The van der Waals surface area contributed by atoms with E-state index in [1.54, 1.807) is 19.1 Å². The van der Waals surface area contributed by atoms with Crippen molar-refractivity contribution >= 4 is 16.7 Å². The van der Waals surface area contributed by atoms with Gasteiger partial charge in [-0.25, -0.2) is 15.0 Å². The van der Waals surface area contributed by atoms with Crippen LogP contribution in [-0.2, 0) is 17.5 Å². The Morgan fingerprint density at radius 2 is 1.97 bits per heavy atom. The summed E-state index contributed by atoms with van der Waals surface area (Å²) in [6.07, 6.45) is -2.01. The Bertz CT molecular complexity index is 1200. The van der Waals surface area contributed by atoms with Crippen molar-refractivity contribution in [3.05, 3.63) is 59.4 Å². The second kappa shape index (κ2) is 9.13. The summed E-state index contributed by atoms with van der Waals surface area (Å²) >= 11 is 0. The van der Waals surface area contributed by atoms with Gasteiger partial charge in [0.2, 0.25) is 0 Å². The smallest absolute Gasteiger partial charge is 0.433 e. The topological polar surface area (TPSA) is 78.4 Å². The molecule has 0 amide bonds. The predicted molar refractivity (Wildman–Crippen MR) is 116 cm³/mol. The molecular formula is C23H23F3N4O3. The van der Waals surface area contributed by atoms with Gasteiger partial charge >= 0.3 is 6.18 Å². The zero-order valence-electron chi connectivity index (χ0n) is 18.4. The van der Waals surface area contributed by atoms with Gasteiger partial charge < -0.3 is 19.5 Å². The Morgan fingerprint density at radius 1 is 1.15 bits per heavy atom. The first-order valence-corrected chi connectivity index (χ1v) is 10.4. The van der Waals surface area contributed by atoms with E-state index < -0.39 is 11.9 Å². The van der Waals surface area contributed by atoms with Gasteiger partial charge in [-0.3, -0.25) is 0 Å². The number of nitrogens with zero attached hydrogens (tertiary/aromatic N) is 3. The zero-order valence-corrected chi connectivity index (χ0v) is 18.4. The third-order valence-corrected chi connectivity index (χ3v) is 5.06. The summed E-state index contributed by atoms with van der Waals surface area (Å²) < 4.78 is 56.1. The Morgan fingerprint density at radius 3 is 2.67 bits per heavy atom. The van der Waals surface area contributed by atoms with Gasteiger partial charge in [0.05, 0.1) is 31.5 Å². The van der Waals surface area contributed by atoms with Crippen molar-refractivity contribution in [2.45, 2.75) is 39.1 Å². The van der Waals surface area contributed by atoms with Gasteiger partial charge in [-0.1, -0.05) is 6.07 Å². The maximum atomic E-state index is 13.0. The number of ether oxygens (including phenoxy) is 3. The molecule has 4 rings (SSSR count). The van der Waals surface area contributed by atoms with Crippen LogP contribution in [0.5, 0.6) is 11.5 Å². The van der Waals surface area contributed by atoms with Gasteiger partial charge in [0.25, 0.3) is 0 Å². The fourth-order valence-corrected chi connectivity index (χ4v) is 3.52. The largest absolute Gasteiger partial charge is 0.494 e. The van der Waals surface area contributed by atoms with Crippen LogP contribution in [0.2, 0.25) is 0 Å². The number of aryl methyl sites for hydroxylation is 1. The number of methoxy groups -OCH3 is 1. The van der Waals surface area contributed by atoms with Crippen LogP contribution in [-0.4, -0.2) is 34.8 Å². The molecule has 3 heterocycles. The van der Waals surface area contributed by atoms with Crippen molar-refractivity contribution in [2.75, 3.05) is 19.0 Å². The highest BCUT2D eigenvalue weighted by Crippen LogP contribution is 2.36. The van der Waals surface area contributed by atoms with E-state index in [1.807, 2.05) is 13.0 Å². The molecule has 174 valence electrons. The van der Waals surface area contributed by atoms with Gasteiger partial charge in [0.15, 0.2) is 17.6 Å². The van der Waals surface area contributed by atoms with E-state index in [1.165, 1.54) is 19.2 Å². The molecule has 1 unspecified atom stereocenters. The third kappa shape index (κ3) is 5.10. The van der Waals surface area contributed by atoms with Crippen LogP contribution in [0.25, 0.3) is 10.9 Å². The summed E-state index contributed by atoms with van der Waals surface area (Å²) in [7, 11) is 1.54. The van der Waals surface area contributed by atoms with Crippen LogP contribution >= 0.6 is 0 Å². The summed E-state index contributed by atoms with van der Waals surface area (Å²) in [5, 5.41) is 3.72. The van der Waals surface area contributed by atoms with Crippen molar-refractivity contribution in [1.29, 1.82) is 0 Å². The second-order valence-electron chi connectivity index (χ2n) is 7.51. The fourth-order valence-electron chi connectivity index (χ4n) is 3.52. The molecule has 0 saturated carbocycles. The molecule has 2 aromatic heterocycles. The minimum atomic E-state index is -4.51. The number of anilines is 1. The highest BCUT2D eigenvalue weighted by Gasteiger charge is 2.32. The molecule has 1 aromatic carbocycles. The zero-order chi connectivity index (χ0) is 23.6. The third-order valence-electron chi connectivity index (χ3n) is 5.06. The maximum Gasteiger partial charge on any atom is 0.433 e. The van der Waals surface area contributed by atoms with Gasteiger partial charge in [-0.05, 0) is 38.1 Å². The van der Waals surface area contributed by atoms with Crippen LogP contribution in [0.3, 0.4) is 0 Å². The lowest BCUT2D eigenvalue weighted by Gasteiger charge is -2.19. The van der Waals surface area contributed by atoms with Crippen LogP contribution in [0, 0.1) is 6.92 Å². The maximum absolute atomic E-state index is 13.0. The lowest BCUT2D eigenvalue weighted by atomic mass is 10.2. The first-order chi connectivity index (χ1) is 15.7. The number of hydrogen-bond donors (Lipinski definition) is 1. The Labute approximate surface area is 188 Å². The van der Waals surface area contributed by atoms with Gasteiger partial charge in [0.1, 0.15) is 23.1 Å². The van der Waals surface area contributed by atoms with Crippen molar-refractivity contribution in [3.8, 4) is 11.5 Å². The molecule has 10 heteroatoms. The van der Waals surface area contributed by atoms with E-state index in [2.05, 4.69) is 20.3 Å². The minimum Gasteiger partial charge on any atom is -0.494 e. The number of alkyl halides is 3. The molecule has 1 atom stereocenters. The first-order valence-electron chi connectivity index (χ1n) is 10.4. The van der Waals surface area contributed by atoms with Crippen molar-refractivity contribution in [2.24, 2.45) is 0 Å². The Balaban J connectivity index is 1.65. The number of halogens is 3. The number of aromatic nitrogens is 3. The molecule has 1 aliphatic rings. The molecule has 0 saturated heterocycles. The average Bonchev–Trinajstić information content (AvgIpc) is 3.32. The predicted octanol–water partition coefficient (Wildman–Crippen LogP) is 5.04. The molecule has 0 spiro atoms. The molecule has 1 aliphatic heterocycles. The summed E-state index contributed by atoms with van der Waals surface area (Å²) in [5.74, 6) is 2.67. The Kier molecular flexibility index (Phi) is 6.26. The van der Waals surface area contributed by atoms with Crippen LogP contribution in [0.4, 0.5) is 19.0 Å². The number of hydrogen-bond acceptors (Lipinski definition) is 7. The molecule has 0 fully saturated rings. The normalized spacial score (nSPS) is 14.5. The highest BCUT2D eigenvalue weighted by atomic mass is 19.4. The number of fused-ring (bicyclic) bond motifs is 1. The van der Waals surface area contributed by atoms with Crippen molar-refractivity contribution < 1.29 is 27.4 Å². The monoisotopic (exact) mass is 460 g/mol. The van der Waals surface area contributed by atoms with Crippen LogP contribution in [0.15, 0.2) is 42.2 Å². The summed E-state index contributed by atoms with van der Waals surface area (Å²) in [6.45, 7) is 4.29. The molecule has 0 aliphatic carbocycles. The average molecular weight is 460 g/mol. The van der Waals surface area contributed by atoms with E-state index >= 15 is 0 Å². The standard InChI is InChI=1S/C23H23F3N4O3/c1-13(18-7-5-9-32-18)33-20-10-16-17(11-19(20)31-3)28-14(2)29-22(16)27-12-15-6-4-8-21(30-15)23(24,25)26/h4,6-8,10-11,13H,5,9,12H2,1-3H3,(H,27,28,29). The molecule has 0 radical (unpaired) electrons. The Hall–Kier alpha value is -3.56. The SMILES string of the molecule is COc1cc2nc(C)nc(NCc3cccc(C(F)(F)F)n3)c2cc1OC(C)C1=CCCO1. The van der Waals surface area contributed by atoms with Gasteiger partial charge in [0, 0.05) is 17.9 Å². The minimum absolute atomic E-state index is 0.0504. The number of rotatable bonds is 7. The molecular weight excluding hydrogens is 437 g/mol. The van der Waals surface area contributed by atoms with E-state index in [9.17, 15) is 13.2 Å². The van der Waals surface area contributed by atoms with Crippen molar-refractivity contribution in [1.82, 2.24) is 15.0 Å². The lowest BCUT2D eigenvalue weighted by molar-refractivity contribution is -0.141. The fraction of sp³-hybridized carbons (Fsp3) is 0.348. The highest BCUT2D eigenvalue weighted by molar-refractivity contribution is 5.91. The summed E-state index contributed by atoms with van der Waals surface area (Å²) in [6, 6.07) is 7.28. The van der Waals surface area contributed by atoms with Crippen LogP contribution in [0.1, 0.15) is 30.6 Å². The van der Waals surface area contributed by atoms with Gasteiger partial charge in [-0.2, -0.15) is 13.2 Å².